The van der Waals surface area contributed by atoms with Gasteiger partial charge in [0.2, 0.25) is 5.91 Å². The van der Waals surface area contributed by atoms with E-state index in [-0.39, 0.29) is 64.5 Å². The van der Waals surface area contributed by atoms with Crippen molar-refractivity contribution in [3.8, 4) is 0 Å². The highest BCUT2D eigenvalue weighted by atomic mass is 19.2. The summed E-state index contributed by atoms with van der Waals surface area (Å²) in [6.45, 7) is 6.56. The van der Waals surface area contributed by atoms with Crippen molar-refractivity contribution in [1.29, 1.82) is 0 Å². The number of halogens is 3. The van der Waals surface area contributed by atoms with Gasteiger partial charge in [-0.05, 0) is 110 Å². The molecule has 4 fully saturated rings. The average molecular weight is 538 g/mol. The van der Waals surface area contributed by atoms with Gasteiger partial charge in [-0.25, -0.2) is 13.2 Å². The maximum atomic E-state index is 14.0. The third-order valence-electron chi connectivity index (χ3n) is 11.7. The van der Waals surface area contributed by atoms with Gasteiger partial charge in [0.15, 0.2) is 17.5 Å². The number of benzene rings is 1. The van der Waals surface area contributed by atoms with Crippen LogP contribution in [-0.4, -0.2) is 39.5 Å². The number of hydrogen-bond acceptors (Lipinski definition) is 4. The Labute approximate surface area is 223 Å². The molecule has 212 valence electrons. The molecule has 11 atom stereocenters. The molecular weight excluding hydrogens is 495 g/mol. The van der Waals surface area contributed by atoms with Gasteiger partial charge in [0, 0.05) is 6.42 Å². The topological polar surface area (TPSA) is 89.8 Å². The van der Waals surface area contributed by atoms with Crippen molar-refractivity contribution in [3.63, 3.8) is 0 Å². The first-order chi connectivity index (χ1) is 17.9. The van der Waals surface area contributed by atoms with Crippen LogP contribution in [0.15, 0.2) is 12.1 Å². The fourth-order valence-electron chi connectivity index (χ4n) is 9.53. The number of amides is 1. The largest absolute Gasteiger partial charge is 0.393 e. The number of nitrogens with one attached hydrogen (secondary N) is 1. The number of carbonyl (C=O) groups excluding carboxylic acids is 1. The molecule has 1 aromatic carbocycles. The van der Waals surface area contributed by atoms with Crippen LogP contribution in [0.1, 0.15) is 78.6 Å². The van der Waals surface area contributed by atoms with Crippen molar-refractivity contribution in [2.24, 2.45) is 46.3 Å². The lowest BCUT2D eigenvalue weighted by Gasteiger charge is -2.63. The van der Waals surface area contributed by atoms with Gasteiger partial charge in [-0.3, -0.25) is 4.79 Å². The fraction of sp³-hybridized carbons (Fsp3) is 0.767. The number of aliphatic hydroxyl groups excluding tert-OH is 3. The van der Waals surface area contributed by atoms with Crippen LogP contribution >= 0.6 is 0 Å². The first-order valence-corrected chi connectivity index (χ1v) is 14.4. The quantitative estimate of drug-likeness (QED) is 0.378. The van der Waals surface area contributed by atoms with Gasteiger partial charge in [-0.1, -0.05) is 20.8 Å². The number of aliphatic hydroxyl groups is 3. The van der Waals surface area contributed by atoms with Crippen LogP contribution in [-0.2, 0) is 4.79 Å². The van der Waals surface area contributed by atoms with Gasteiger partial charge in [0.1, 0.15) is 0 Å². The summed E-state index contributed by atoms with van der Waals surface area (Å²) in [7, 11) is 0. The summed E-state index contributed by atoms with van der Waals surface area (Å²) in [5.41, 5.74) is -0.735. The molecule has 5 nitrogen and oxygen atoms in total. The Morgan fingerprint density at radius 1 is 1.03 bits per heavy atom. The number of fused-ring (bicyclic) bond motifs is 5. The number of hydrogen-bond donors (Lipinski definition) is 4. The van der Waals surface area contributed by atoms with E-state index in [0.29, 0.717) is 19.3 Å². The second kappa shape index (κ2) is 10.1. The van der Waals surface area contributed by atoms with E-state index >= 15 is 0 Å². The summed E-state index contributed by atoms with van der Waals surface area (Å²) < 4.78 is 40.7. The Bertz CT molecular complexity index is 1070. The minimum absolute atomic E-state index is 0.0162. The zero-order valence-corrected chi connectivity index (χ0v) is 22.6. The summed E-state index contributed by atoms with van der Waals surface area (Å²) in [5.74, 6) is -3.72. The van der Waals surface area contributed by atoms with E-state index < -0.39 is 35.6 Å². The Kier molecular flexibility index (Phi) is 7.40. The molecule has 1 aromatic rings. The molecule has 0 radical (unpaired) electrons. The van der Waals surface area contributed by atoms with E-state index in [1.165, 1.54) is 0 Å². The smallest absolute Gasteiger partial charge is 0.224 e. The van der Waals surface area contributed by atoms with Crippen LogP contribution in [0, 0.1) is 63.8 Å². The van der Waals surface area contributed by atoms with E-state index in [4.69, 9.17) is 0 Å². The Morgan fingerprint density at radius 3 is 2.50 bits per heavy atom. The zero-order chi connectivity index (χ0) is 27.6. The summed E-state index contributed by atoms with van der Waals surface area (Å²) in [5, 5.41) is 35.7. The van der Waals surface area contributed by atoms with Crippen LogP contribution in [0.3, 0.4) is 0 Å². The van der Waals surface area contributed by atoms with Gasteiger partial charge >= 0.3 is 0 Å². The Hall–Kier alpha value is -1.64. The molecule has 0 bridgehead atoms. The highest BCUT2D eigenvalue weighted by molar-refractivity contribution is 5.90. The van der Waals surface area contributed by atoms with Crippen LogP contribution in [0.25, 0.3) is 0 Å². The first kappa shape index (κ1) is 27.9. The van der Waals surface area contributed by atoms with Gasteiger partial charge in [0.25, 0.3) is 0 Å². The minimum Gasteiger partial charge on any atom is -0.393 e. The summed E-state index contributed by atoms with van der Waals surface area (Å²) in [6, 6.07) is 1.80. The molecule has 0 saturated heterocycles. The monoisotopic (exact) mass is 537 g/mol. The lowest BCUT2D eigenvalue weighted by Crippen LogP contribution is -2.62. The standard InChI is InChI=1S/C30H42F3NO4/c1-15(4-9-25(38)34-22-8-7-21(31)27(32)28(22)33)18-5-6-19-26-20(14-24(37)30(18,19)3)29(2)11-10-17(35)12-16(29)13-23(26)36/h7-8,15-20,23-24,26,35-37H,4-6,9-14H2,1-3H3,(H,34,38)/t15-,16-,17-,18+,19-,20-,23-,24+,26+,29+,30-/m1/s1. The van der Waals surface area contributed by atoms with Crippen molar-refractivity contribution in [1.82, 2.24) is 0 Å². The fourth-order valence-corrected chi connectivity index (χ4v) is 9.53. The Balaban J connectivity index is 1.27. The molecule has 8 heteroatoms. The molecule has 5 rings (SSSR count). The molecule has 0 heterocycles. The van der Waals surface area contributed by atoms with Crippen molar-refractivity contribution < 1.29 is 33.3 Å². The Morgan fingerprint density at radius 2 is 1.76 bits per heavy atom. The van der Waals surface area contributed by atoms with Crippen molar-refractivity contribution in [2.45, 2.75) is 96.9 Å². The number of rotatable bonds is 5. The average Bonchev–Trinajstić information content (AvgIpc) is 3.23. The summed E-state index contributed by atoms with van der Waals surface area (Å²) in [6.07, 6.45) is 4.99. The zero-order valence-electron chi connectivity index (χ0n) is 22.6. The molecule has 0 aliphatic heterocycles. The lowest BCUT2D eigenvalue weighted by molar-refractivity contribution is -0.207. The second-order valence-corrected chi connectivity index (χ2v) is 13.3. The van der Waals surface area contributed by atoms with Gasteiger partial charge in [0.05, 0.1) is 24.0 Å². The molecule has 0 aromatic heterocycles. The van der Waals surface area contributed by atoms with E-state index in [9.17, 15) is 33.3 Å². The summed E-state index contributed by atoms with van der Waals surface area (Å²) in [4.78, 5) is 12.5. The van der Waals surface area contributed by atoms with Crippen molar-refractivity contribution >= 4 is 11.6 Å². The predicted octanol–water partition coefficient (Wildman–Crippen LogP) is 5.42. The minimum atomic E-state index is -1.61. The lowest BCUT2D eigenvalue weighted by atomic mass is 9.43. The molecule has 4 aliphatic carbocycles. The van der Waals surface area contributed by atoms with Crippen molar-refractivity contribution in [3.05, 3.63) is 29.6 Å². The third kappa shape index (κ3) is 4.39. The number of carbonyl (C=O) groups is 1. The first-order valence-electron chi connectivity index (χ1n) is 14.4. The predicted molar refractivity (Wildman–Crippen MR) is 137 cm³/mol. The highest BCUT2D eigenvalue weighted by Crippen LogP contribution is 2.68. The highest BCUT2D eigenvalue weighted by Gasteiger charge is 2.65. The summed E-state index contributed by atoms with van der Waals surface area (Å²) >= 11 is 0. The molecule has 4 saturated carbocycles. The van der Waals surface area contributed by atoms with Crippen LogP contribution in [0.2, 0.25) is 0 Å². The van der Waals surface area contributed by atoms with E-state index in [2.05, 4.69) is 26.1 Å². The molecule has 0 spiro atoms. The van der Waals surface area contributed by atoms with Gasteiger partial charge in [-0.2, -0.15) is 0 Å². The molecule has 0 unspecified atom stereocenters. The molecule has 1 amide bonds. The van der Waals surface area contributed by atoms with Crippen molar-refractivity contribution in [2.75, 3.05) is 5.32 Å². The normalized spacial score (nSPS) is 43.1. The van der Waals surface area contributed by atoms with Crippen LogP contribution in [0.5, 0.6) is 0 Å². The molecule has 4 N–H and O–H groups in total. The maximum Gasteiger partial charge on any atom is 0.224 e. The van der Waals surface area contributed by atoms with E-state index in [1.807, 2.05) is 0 Å². The van der Waals surface area contributed by atoms with E-state index in [1.54, 1.807) is 0 Å². The van der Waals surface area contributed by atoms with Gasteiger partial charge < -0.3 is 20.6 Å². The SMILES string of the molecule is C[C@H](CCC(=O)Nc1ccc(F)c(F)c1F)[C@@H]1CC[C@@H]2[C@@H]3[C@H](O)C[C@H]4C[C@H](O)CC[C@]4(C)[C@@H]3C[C@H](O)[C@@]21C. The molecule has 38 heavy (non-hydrogen) atoms. The maximum absolute atomic E-state index is 14.0. The molecule has 4 aliphatic rings. The third-order valence-corrected chi connectivity index (χ3v) is 11.7. The second-order valence-electron chi connectivity index (χ2n) is 13.3. The number of anilines is 1. The van der Waals surface area contributed by atoms with Crippen LogP contribution < -0.4 is 5.32 Å². The van der Waals surface area contributed by atoms with E-state index in [0.717, 1.165) is 44.2 Å². The van der Waals surface area contributed by atoms with Gasteiger partial charge in [-0.15, -0.1) is 0 Å². The van der Waals surface area contributed by atoms with Crippen LogP contribution in [0.4, 0.5) is 18.9 Å². The molecular formula is C30H42F3NO4.